The van der Waals surface area contributed by atoms with Gasteiger partial charge in [-0.05, 0) is 32.0 Å². The Hall–Kier alpha value is -1.62. The molecule has 1 aliphatic rings. The summed E-state index contributed by atoms with van der Waals surface area (Å²) in [4.78, 5) is 25.2. The maximum Gasteiger partial charge on any atom is 0.248 e. The third kappa shape index (κ3) is 2.70. The van der Waals surface area contributed by atoms with E-state index in [0.29, 0.717) is 5.69 Å². The highest BCUT2D eigenvalue weighted by molar-refractivity contribution is 5.92. The smallest absolute Gasteiger partial charge is 0.248 e. The Labute approximate surface area is 93.3 Å². The van der Waals surface area contributed by atoms with Gasteiger partial charge in [0.2, 0.25) is 11.5 Å². The molecule has 3 N–H and O–H groups in total. The largest absolute Gasteiger partial charge is 0.327 e. The van der Waals surface area contributed by atoms with Gasteiger partial charge in [-0.25, -0.2) is 0 Å². The Balaban J connectivity index is 1.95. The van der Waals surface area contributed by atoms with Crippen LogP contribution in [-0.2, 0) is 4.79 Å². The molecule has 0 spiro atoms. The molecule has 16 heavy (non-hydrogen) atoms. The quantitative estimate of drug-likeness (QED) is 0.673. The number of pyridine rings is 1. The normalized spacial score (nSPS) is 17.0. The van der Waals surface area contributed by atoms with Gasteiger partial charge in [-0.3, -0.25) is 9.59 Å². The third-order valence-electron chi connectivity index (χ3n) is 2.76. The molecular formula is C11H15N3O2. The lowest BCUT2D eigenvalue weighted by atomic mass is 9.97. The van der Waals surface area contributed by atoms with Gasteiger partial charge in [-0.1, -0.05) is 0 Å². The van der Waals surface area contributed by atoms with Gasteiger partial charge in [0.15, 0.2) is 0 Å². The first-order chi connectivity index (χ1) is 7.75. The van der Waals surface area contributed by atoms with Crippen molar-refractivity contribution in [2.75, 3.05) is 18.4 Å². The van der Waals surface area contributed by atoms with Crippen molar-refractivity contribution in [3.05, 3.63) is 28.7 Å². The van der Waals surface area contributed by atoms with Crippen molar-refractivity contribution >= 4 is 11.6 Å². The fourth-order valence-electron chi connectivity index (χ4n) is 1.82. The van der Waals surface area contributed by atoms with Gasteiger partial charge in [0, 0.05) is 18.2 Å². The number of aromatic amines is 1. The van der Waals surface area contributed by atoms with Crippen LogP contribution in [0, 0.1) is 5.92 Å². The molecule has 1 saturated heterocycles. The minimum absolute atomic E-state index is 0.0357. The number of amides is 1. The molecule has 0 saturated carbocycles. The summed E-state index contributed by atoms with van der Waals surface area (Å²) in [7, 11) is 0. The zero-order valence-electron chi connectivity index (χ0n) is 8.95. The van der Waals surface area contributed by atoms with Crippen molar-refractivity contribution in [3.8, 4) is 0 Å². The minimum atomic E-state index is -0.167. The van der Waals surface area contributed by atoms with E-state index in [-0.39, 0.29) is 17.4 Å². The van der Waals surface area contributed by atoms with Gasteiger partial charge < -0.3 is 15.6 Å². The van der Waals surface area contributed by atoms with E-state index < -0.39 is 0 Å². The molecule has 1 aromatic heterocycles. The zero-order chi connectivity index (χ0) is 11.4. The molecule has 0 aromatic carbocycles. The maximum atomic E-state index is 11.8. The number of nitrogens with one attached hydrogen (secondary N) is 3. The first kappa shape index (κ1) is 10.9. The molecule has 2 rings (SSSR count). The topological polar surface area (TPSA) is 74.0 Å². The second-order valence-electron chi connectivity index (χ2n) is 3.96. The number of piperidine rings is 1. The average Bonchev–Trinajstić information content (AvgIpc) is 2.33. The number of hydrogen-bond donors (Lipinski definition) is 3. The van der Waals surface area contributed by atoms with Gasteiger partial charge in [0.25, 0.3) is 0 Å². The van der Waals surface area contributed by atoms with E-state index in [1.165, 1.54) is 12.3 Å². The third-order valence-corrected chi connectivity index (χ3v) is 2.76. The maximum absolute atomic E-state index is 11.8. The summed E-state index contributed by atoms with van der Waals surface area (Å²) >= 11 is 0. The predicted octanol–water partition coefficient (Wildman–Crippen LogP) is 0.313. The SMILES string of the molecule is O=C(Nc1ccc(=O)[nH]c1)C1CCNCC1. The van der Waals surface area contributed by atoms with E-state index in [0.717, 1.165) is 25.9 Å². The van der Waals surface area contributed by atoms with Crippen molar-refractivity contribution in [1.29, 1.82) is 0 Å². The van der Waals surface area contributed by atoms with Crippen LogP contribution in [0.1, 0.15) is 12.8 Å². The highest BCUT2D eigenvalue weighted by Gasteiger charge is 2.20. The lowest BCUT2D eigenvalue weighted by molar-refractivity contribution is -0.120. The molecule has 5 heteroatoms. The molecule has 5 nitrogen and oxygen atoms in total. The monoisotopic (exact) mass is 221 g/mol. The first-order valence-corrected chi connectivity index (χ1v) is 5.46. The van der Waals surface area contributed by atoms with Crippen molar-refractivity contribution < 1.29 is 4.79 Å². The van der Waals surface area contributed by atoms with Crippen molar-refractivity contribution in [1.82, 2.24) is 10.3 Å². The number of carbonyl (C=O) groups is 1. The average molecular weight is 221 g/mol. The standard InChI is InChI=1S/C11H15N3O2/c15-10-2-1-9(7-13-10)14-11(16)8-3-5-12-6-4-8/h1-2,7-8,12H,3-6H2,(H,13,15)(H,14,16). The summed E-state index contributed by atoms with van der Waals surface area (Å²) in [5.74, 6) is 0.113. The molecule has 1 amide bonds. The molecule has 86 valence electrons. The first-order valence-electron chi connectivity index (χ1n) is 5.46. The van der Waals surface area contributed by atoms with Crippen LogP contribution in [0.5, 0.6) is 0 Å². The predicted molar refractivity (Wildman–Crippen MR) is 61.3 cm³/mol. The Bertz CT molecular complexity index is 401. The van der Waals surface area contributed by atoms with Crippen molar-refractivity contribution in [3.63, 3.8) is 0 Å². The molecule has 0 unspecified atom stereocenters. The number of rotatable bonds is 2. The van der Waals surface area contributed by atoms with Crippen molar-refractivity contribution in [2.24, 2.45) is 5.92 Å². The minimum Gasteiger partial charge on any atom is -0.327 e. The second-order valence-corrected chi connectivity index (χ2v) is 3.96. The molecule has 0 bridgehead atoms. The lowest BCUT2D eigenvalue weighted by Crippen LogP contribution is -2.34. The number of H-pyrrole nitrogens is 1. The highest BCUT2D eigenvalue weighted by Crippen LogP contribution is 2.14. The highest BCUT2D eigenvalue weighted by atomic mass is 16.2. The molecule has 1 aromatic rings. The van der Waals surface area contributed by atoms with Crippen LogP contribution in [0.2, 0.25) is 0 Å². The summed E-state index contributed by atoms with van der Waals surface area (Å²) in [6.45, 7) is 1.79. The van der Waals surface area contributed by atoms with Gasteiger partial charge in [-0.15, -0.1) is 0 Å². The molecule has 1 fully saturated rings. The number of carbonyl (C=O) groups excluding carboxylic acids is 1. The Kier molecular flexibility index (Phi) is 3.36. The summed E-state index contributed by atoms with van der Waals surface area (Å²) in [5.41, 5.74) is 0.475. The van der Waals surface area contributed by atoms with Gasteiger partial charge in [0.05, 0.1) is 5.69 Å². The van der Waals surface area contributed by atoms with E-state index in [4.69, 9.17) is 0 Å². The van der Waals surface area contributed by atoms with E-state index in [9.17, 15) is 9.59 Å². The number of hydrogen-bond acceptors (Lipinski definition) is 3. The summed E-state index contributed by atoms with van der Waals surface area (Å²) in [6, 6.07) is 3.01. The molecule has 1 aliphatic heterocycles. The fraction of sp³-hybridized carbons (Fsp3) is 0.455. The molecule has 0 radical (unpaired) electrons. The van der Waals surface area contributed by atoms with Gasteiger partial charge in [-0.2, -0.15) is 0 Å². The Morgan fingerprint density at radius 3 is 2.69 bits per heavy atom. The number of aromatic nitrogens is 1. The zero-order valence-corrected chi connectivity index (χ0v) is 8.95. The summed E-state index contributed by atoms with van der Waals surface area (Å²) < 4.78 is 0. The van der Waals surface area contributed by atoms with Crippen LogP contribution in [0.25, 0.3) is 0 Å². The van der Waals surface area contributed by atoms with Crippen LogP contribution in [-0.4, -0.2) is 24.0 Å². The number of anilines is 1. The van der Waals surface area contributed by atoms with Crippen LogP contribution < -0.4 is 16.2 Å². The Morgan fingerprint density at radius 1 is 1.31 bits per heavy atom. The second kappa shape index (κ2) is 4.94. The van der Waals surface area contributed by atoms with E-state index in [1.807, 2.05) is 0 Å². The van der Waals surface area contributed by atoms with Gasteiger partial charge in [0.1, 0.15) is 0 Å². The lowest BCUT2D eigenvalue weighted by Gasteiger charge is -2.21. The van der Waals surface area contributed by atoms with Crippen LogP contribution in [0.15, 0.2) is 23.1 Å². The molecular weight excluding hydrogens is 206 g/mol. The molecule has 0 atom stereocenters. The van der Waals surface area contributed by atoms with Crippen molar-refractivity contribution in [2.45, 2.75) is 12.8 Å². The van der Waals surface area contributed by atoms with Gasteiger partial charge >= 0.3 is 0 Å². The van der Waals surface area contributed by atoms with Crippen LogP contribution in [0.4, 0.5) is 5.69 Å². The summed E-state index contributed by atoms with van der Waals surface area (Å²) in [6.07, 6.45) is 3.26. The summed E-state index contributed by atoms with van der Waals surface area (Å²) in [5, 5.41) is 6.02. The Morgan fingerprint density at radius 2 is 2.06 bits per heavy atom. The van der Waals surface area contributed by atoms with E-state index in [2.05, 4.69) is 15.6 Å². The van der Waals surface area contributed by atoms with E-state index >= 15 is 0 Å². The molecule has 0 aliphatic carbocycles. The fourth-order valence-corrected chi connectivity index (χ4v) is 1.82. The molecule has 2 heterocycles. The van der Waals surface area contributed by atoms with E-state index in [1.54, 1.807) is 6.07 Å². The van der Waals surface area contributed by atoms with Crippen LogP contribution >= 0.6 is 0 Å². The van der Waals surface area contributed by atoms with Crippen LogP contribution in [0.3, 0.4) is 0 Å².